The van der Waals surface area contributed by atoms with E-state index in [2.05, 4.69) is 15.1 Å². The van der Waals surface area contributed by atoms with Crippen molar-refractivity contribution in [2.45, 2.75) is 6.92 Å². The van der Waals surface area contributed by atoms with Gasteiger partial charge in [0.1, 0.15) is 4.88 Å². The number of aryl methyl sites for hydroxylation is 1. The second kappa shape index (κ2) is 4.23. The normalized spacial score (nSPS) is 10.7. The second-order valence-corrected chi connectivity index (χ2v) is 4.79. The molecule has 2 aromatic heterocycles. The lowest BCUT2D eigenvalue weighted by Crippen LogP contribution is -1.81. The van der Waals surface area contributed by atoms with Crippen LogP contribution in [0.25, 0.3) is 22.2 Å². The van der Waals surface area contributed by atoms with E-state index in [4.69, 9.17) is 10.3 Å². The number of nitrogen functional groups attached to an aromatic ring is 1. The molecule has 6 heteroatoms. The minimum Gasteiger partial charge on any atom is -0.375 e. The van der Waals surface area contributed by atoms with Crippen molar-refractivity contribution in [3.63, 3.8) is 0 Å². The van der Waals surface area contributed by atoms with E-state index in [1.165, 1.54) is 11.3 Å². The van der Waals surface area contributed by atoms with Gasteiger partial charge in [-0.1, -0.05) is 46.8 Å². The Kier molecular flexibility index (Phi) is 2.56. The summed E-state index contributed by atoms with van der Waals surface area (Å²) in [6.07, 6.45) is 0. The van der Waals surface area contributed by atoms with E-state index in [-0.39, 0.29) is 0 Å². The van der Waals surface area contributed by atoms with Gasteiger partial charge in [0.05, 0.1) is 5.69 Å². The Morgan fingerprint density at radius 2 is 1.94 bits per heavy atom. The average molecular weight is 258 g/mol. The Morgan fingerprint density at radius 1 is 1.17 bits per heavy atom. The summed E-state index contributed by atoms with van der Waals surface area (Å²) < 4.78 is 5.25. The van der Waals surface area contributed by atoms with Crippen LogP contribution in [0.4, 0.5) is 5.13 Å². The van der Waals surface area contributed by atoms with Crippen molar-refractivity contribution < 1.29 is 4.52 Å². The van der Waals surface area contributed by atoms with E-state index < -0.39 is 0 Å². The van der Waals surface area contributed by atoms with Crippen molar-refractivity contribution in [3.8, 4) is 22.2 Å². The molecule has 0 aliphatic heterocycles. The molecule has 0 saturated carbocycles. The van der Waals surface area contributed by atoms with Crippen LogP contribution in [-0.4, -0.2) is 15.1 Å². The Labute approximate surface area is 107 Å². The fraction of sp³-hybridized carbons (Fsp3) is 0.0833. The van der Waals surface area contributed by atoms with Crippen molar-refractivity contribution in [2.24, 2.45) is 0 Å². The van der Waals surface area contributed by atoms with Gasteiger partial charge in [0.2, 0.25) is 5.82 Å². The van der Waals surface area contributed by atoms with Crippen LogP contribution in [0.3, 0.4) is 0 Å². The minimum atomic E-state index is 0.459. The zero-order chi connectivity index (χ0) is 12.5. The first kappa shape index (κ1) is 10.9. The molecular weight excluding hydrogens is 248 g/mol. The number of thiazole rings is 1. The lowest BCUT2D eigenvalue weighted by atomic mass is 10.2. The highest BCUT2D eigenvalue weighted by Crippen LogP contribution is 2.31. The molecular formula is C12H10N4OS. The summed E-state index contributed by atoms with van der Waals surface area (Å²) in [6.45, 7) is 1.87. The molecule has 3 aromatic rings. The van der Waals surface area contributed by atoms with Crippen LogP contribution in [0.5, 0.6) is 0 Å². The van der Waals surface area contributed by atoms with Gasteiger partial charge >= 0.3 is 0 Å². The van der Waals surface area contributed by atoms with Gasteiger partial charge in [-0.25, -0.2) is 4.98 Å². The van der Waals surface area contributed by atoms with Gasteiger partial charge in [0.15, 0.2) is 5.13 Å². The second-order valence-electron chi connectivity index (χ2n) is 3.76. The fourth-order valence-electron chi connectivity index (χ4n) is 1.64. The summed E-state index contributed by atoms with van der Waals surface area (Å²) in [5, 5.41) is 4.47. The predicted molar refractivity (Wildman–Crippen MR) is 70.0 cm³/mol. The van der Waals surface area contributed by atoms with Gasteiger partial charge in [0, 0.05) is 5.56 Å². The van der Waals surface area contributed by atoms with Crippen LogP contribution in [-0.2, 0) is 0 Å². The quantitative estimate of drug-likeness (QED) is 0.764. The highest BCUT2D eigenvalue weighted by molar-refractivity contribution is 7.18. The van der Waals surface area contributed by atoms with Crippen LogP contribution >= 0.6 is 11.3 Å². The number of benzene rings is 1. The predicted octanol–water partition coefficient (Wildman–Crippen LogP) is 2.75. The molecule has 90 valence electrons. The Morgan fingerprint density at radius 3 is 2.61 bits per heavy atom. The number of aromatic nitrogens is 3. The molecule has 0 aliphatic rings. The van der Waals surface area contributed by atoms with E-state index >= 15 is 0 Å². The Bertz CT molecular complexity index is 674. The summed E-state index contributed by atoms with van der Waals surface area (Å²) in [7, 11) is 0. The third kappa shape index (κ3) is 1.86. The smallest absolute Gasteiger partial charge is 0.270 e. The molecule has 2 N–H and O–H groups in total. The van der Waals surface area contributed by atoms with Crippen molar-refractivity contribution in [2.75, 3.05) is 5.73 Å². The standard InChI is InChI=1S/C12H10N4OS/c1-7-9(18-12(13)14-7)11-15-10(16-17-11)8-5-3-2-4-6-8/h2-6H,1H3,(H2,13,14). The summed E-state index contributed by atoms with van der Waals surface area (Å²) in [5.74, 6) is 1.03. The third-order valence-corrected chi connectivity index (χ3v) is 3.44. The molecule has 0 spiro atoms. The van der Waals surface area contributed by atoms with E-state index in [0.717, 1.165) is 16.1 Å². The van der Waals surface area contributed by atoms with Crippen molar-refractivity contribution in [3.05, 3.63) is 36.0 Å². The average Bonchev–Trinajstić information content (AvgIpc) is 2.97. The van der Waals surface area contributed by atoms with Gasteiger partial charge in [-0.3, -0.25) is 0 Å². The van der Waals surface area contributed by atoms with Gasteiger partial charge in [-0.05, 0) is 6.92 Å². The van der Waals surface area contributed by atoms with Gasteiger partial charge in [-0.2, -0.15) is 4.98 Å². The molecule has 0 aliphatic carbocycles. The fourth-order valence-corrected chi connectivity index (χ4v) is 2.39. The van der Waals surface area contributed by atoms with E-state index in [1.807, 2.05) is 37.3 Å². The number of nitrogens with two attached hydrogens (primary N) is 1. The number of anilines is 1. The Balaban J connectivity index is 2.02. The molecule has 18 heavy (non-hydrogen) atoms. The number of hydrogen-bond donors (Lipinski definition) is 1. The van der Waals surface area contributed by atoms with Crippen molar-refractivity contribution in [1.82, 2.24) is 15.1 Å². The molecule has 2 heterocycles. The molecule has 0 radical (unpaired) electrons. The van der Waals surface area contributed by atoms with Gasteiger partial charge < -0.3 is 10.3 Å². The topological polar surface area (TPSA) is 77.8 Å². The maximum absolute atomic E-state index is 5.65. The number of hydrogen-bond acceptors (Lipinski definition) is 6. The molecule has 0 saturated heterocycles. The largest absolute Gasteiger partial charge is 0.375 e. The lowest BCUT2D eigenvalue weighted by Gasteiger charge is -1.90. The van der Waals surface area contributed by atoms with Crippen LogP contribution in [0.15, 0.2) is 34.9 Å². The maximum atomic E-state index is 5.65. The highest BCUT2D eigenvalue weighted by atomic mass is 32.1. The number of nitrogens with zero attached hydrogens (tertiary/aromatic N) is 3. The lowest BCUT2D eigenvalue weighted by molar-refractivity contribution is 0.433. The first-order valence-corrected chi connectivity index (χ1v) is 6.18. The zero-order valence-corrected chi connectivity index (χ0v) is 10.4. The van der Waals surface area contributed by atoms with E-state index in [0.29, 0.717) is 16.8 Å². The molecule has 0 atom stereocenters. The van der Waals surface area contributed by atoms with Crippen molar-refractivity contribution in [1.29, 1.82) is 0 Å². The van der Waals surface area contributed by atoms with Crippen LogP contribution in [0, 0.1) is 6.92 Å². The molecule has 0 unspecified atom stereocenters. The molecule has 5 nitrogen and oxygen atoms in total. The van der Waals surface area contributed by atoms with Crippen LogP contribution in [0.2, 0.25) is 0 Å². The highest BCUT2D eigenvalue weighted by Gasteiger charge is 2.15. The van der Waals surface area contributed by atoms with E-state index in [1.54, 1.807) is 0 Å². The van der Waals surface area contributed by atoms with Gasteiger partial charge in [-0.15, -0.1) is 0 Å². The monoisotopic (exact) mass is 258 g/mol. The summed E-state index contributed by atoms with van der Waals surface area (Å²) in [6, 6.07) is 9.67. The van der Waals surface area contributed by atoms with Gasteiger partial charge in [0.25, 0.3) is 5.89 Å². The molecule has 0 amide bonds. The third-order valence-electron chi connectivity index (χ3n) is 2.47. The summed E-state index contributed by atoms with van der Waals surface area (Å²) in [5.41, 5.74) is 7.38. The first-order valence-electron chi connectivity index (χ1n) is 5.36. The summed E-state index contributed by atoms with van der Waals surface area (Å²) in [4.78, 5) is 9.32. The summed E-state index contributed by atoms with van der Waals surface area (Å²) >= 11 is 1.35. The Hall–Kier alpha value is -2.21. The number of rotatable bonds is 2. The van der Waals surface area contributed by atoms with Crippen molar-refractivity contribution >= 4 is 16.5 Å². The molecule has 1 aromatic carbocycles. The van der Waals surface area contributed by atoms with Crippen LogP contribution < -0.4 is 5.73 Å². The molecule has 3 rings (SSSR count). The minimum absolute atomic E-state index is 0.459. The zero-order valence-electron chi connectivity index (χ0n) is 9.62. The first-order chi connectivity index (χ1) is 8.74. The molecule has 0 bridgehead atoms. The SMILES string of the molecule is Cc1nc(N)sc1-c1nc(-c2ccccc2)no1. The van der Waals surface area contributed by atoms with E-state index in [9.17, 15) is 0 Å². The molecule has 0 fully saturated rings. The van der Waals surface area contributed by atoms with Crippen LogP contribution in [0.1, 0.15) is 5.69 Å². The maximum Gasteiger partial charge on any atom is 0.270 e.